The zero-order valence-corrected chi connectivity index (χ0v) is 10.8. The third-order valence-corrected chi connectivity index (χ3v) is 4.56. The fraction of sp³-hybridized carbons (Fsp3) is 0.400. The summed E-state index contributed by atoms with van der Waals surface area (Å²) in [6.45, 7) is 0. The summed E-state index contributed by atoms with van der Waals surface area (Å²) in [6.07, 6.45) is 3.39. The van der Waals surface area contributed by atoms with Crippen molar-refractivity contribution in [1.29, 1.82) is 0 Å². The number of hydrogen-bond acceptors (Lipinski definition) is 3. The molecule has 1 aromatic heterocycles. The molecule has 0 aliphatic heterocycles. The molecule has 20 heavy (non-hydrogen) atoms. The first-order chi connectivity index (χ1) is 9.63. The van der Waals surface area contributed by atoms with E-state index in [0.717, 1.165) is 30.7 Å². The van der Waals surface area contributed by atoms with Gasteiger partial charge in [0, 0.05) is 17.5 Å². The number of nitrogens with two attached hydrogens (primary N) is 1. The number of hydrogen-bond donors (Lipinski definition) is 1. The van der Waals surface area contributed by atoms with Crippen molar-refractivity contribution in [3.8, 4) is 11.1 Å². The maximum Gasteiger partial charge on any atom is 0.175 e. The van der Waals surface area contributed by atoms with Gasteiger partial charge < -0.3 is 10.3 Å². The van der Waals surface area contributed by atoms with Gasteiger partial charge in [0.25, 0.3) is 0 Å². The first-order valence-corrected chi connectivity index (χ1v) is 6.84. The molecule has 1 heterocycles. The standard InChI is InChI=1S/C15H14F2N2O/c16-10-1-2-11(12(17)6-10)13-14(20-19-15(13)18)9-4-7-3-8(7)5-9/h1-2,6-9H,3-5H2,(H2,18,19). The fourth-order valence-corrected chi connectivity index (χ4v) is 3.49. The highest BCUT2D eigenvalue weighted by Crippen LogP contribution is 2.58. The van der Waals surface area contributed by atoms with Crippen LogP contribution in [0.15, 0.2) is 22.7 Å². The summed E-state index contributed by atoms with van der Waals surface area (Å²) in [4.78, 5) is 0. The summed E-state index contributed by atoms with van der Waals surface area (Å²) in [5.74, 6) is 1.39. The third-order valence-electron chi connectivity index (χ3n) is 4.56. The Morgan fingerprint density at radius 2 is 1.90 bits per heavy atom. The first kappa shape index (κ1) is 11.9. The summed E-state index contributed by atoms with van der Waals surface area (Å²) in [6, 6.07) is 3.48. The minimum Gasteiger partial charge on any atom is -0.380 e. The van der Waals surface area contributed by atoms with Crippen molar-refractivity contribution in [2.24, 2.45) is 11.8 Å². The first-order valence-electron chi connectivity index (χ1n) is 6.84. The smallest absolute Gasteiger partial charge is 0.175 e. The summed E-state index contributed by atoms with van der Waals surface area (Å²) >= 11 is 0. The average Bonchev–Trinajstić information content (AvgIpc) is 2.83. The molecule has 104 valence electrons. The van der Waals surface area contributed by atoms with E-state index < -0.39 is 11.6 Å². The van der Waals surface area contributed by atoms with Crippen LogP contribution in [-0.2, 0) is 0 Å². The topological polar surface area (TPSA) is 52.0 Å². The maximum absolute atomic E-state index is 14.0. The number of nitrogen functional groups attached to an aromatic ring is 1. The molecule has 1 aromatic carbocycles. The van der Waals surface area contributed by atoms with Crippen molar-refractivity contribution in [3.63, 3.8) is 0 Å². The van der Waals surface area contributed by atoms with Crippen LogP contribution in [0.3, 0.4) is 0 Å². The highest BCUT2D eigenvalue weighted by Gasteiger charge is 2.48. The zero-order chi connectivity index (χ0) is 13.9. The minimum atomic E-state index is -0.635. The van der Waals surface area contributed by atoms with Crippen molar-refractivity contribution >= 4 is 5.82 Å². The molecule has 2 unspecified atom stereocenters. The van der Waals surface area contributed by atoms with Gasteiger partial charge in [-0.2, -0.15) is 0 Å². The molecule has 2 fully saturated rings. The van der Waals surface area contributed by atoms with E-state index in [2.05, 4.69) is 5.16 Å². The van der Waals surface area contributed by atoms with Gasteiger partial charge in [0.15, 0.2) is 5.82 Å². The lowest BCUT2D eigenvalue weighted by Gasteiger charge is -2.11. The van der Waals surface area contributed by atoms with Crippen LogP contribution < -0.4 is 5.73 Å². The molecule has 2 N–H and O–H groups in total. The van der Waals surface area contributed by atoms with E-state index in [4.69, 9.17) is 10.3 Å². The number of nitrogens with zero attached hydrogens (tertiary/aromatic N) is 1. The second-order valence-electron chi connectivity index (χ2n) is 5.86. The van der Waals surface area contributed by atoms with E-state index in [1.165, 1.54) is 18.6 Å². The van der Waals surface area contributed by atoms with Crippen LogP contribution in [0.1, 0.15) is 30.9 Å². The lowest BCUT2D eigenvalue weighted by Crippen LogP contribution is -1.99. The number of anilines is 1. The Labute approximate surface area is 114 Å². The quantitative estimate of drug-likeness (QED) is 0.909. The number of benzene rings is 1. The van der Waals surface area contributed by atoms with Gasteiger partial charge >= 0.3 is 0 Å². The second kappa shape index (κ2) is 4.04. The van der Waals surface area contributed by atoms with E-state index in [1.54, 1.807) is 0 Å². The van der Waals surface area contributed by atoms with Crippen LogP contribution in [0.5, 0.6) is 0 Å². The molecule has 4 rings (SSSR count). The number of aromatic nitrogens is 1. The highest BCUT2D eigenvalue weighted by molar-refractivity contribution is 5.76. The Morgan fingerprint density at radius 3 is 2.60 bits per heavy atom. The van der Waals surface area contributed by atoms with Crippen LogP contribution >= 0.6 is 0 Å². The Hall–Kier alpha value is -1.91. The molecule has 2 saturated carbocycles. The van der Waals surface area contributed by atoms with Gasteiger partial charge in [-0.1, -0.05) is 5.16 Å². The lowest BCUT2D eigenvalue weighted by molar-refractivity contribution is 0.356. The summed E-state index contributed by atoms with van der Waals surface area (Å²) in [5.41, 5.74) is 6.59. The minimum absolute atomic E-state index is 0.172. The van der Waals surface area contributed by atoms with Crippen molar-refractivity contribution in [3.05, 3.63) is 35.6 Å². The lowest BCUT2D eigenvalue weighted by atomic mass is 9.93. The van der Waals surface area contributed by atoms with Gasteiger partial charge in [-0.15, -0.1) is 0 Å². The Kier molecular flexibility index (Phi) is 2.40. The van der Waals surface area contributed by atoms with E-state index in [0.29, 0.717) is 11.3 Å². The molecule has 3 nitrogen and oxygen atoms in total. The molecule has 2 aliphatic carbocycles. The third kappa shape index (κ3) is 1.72. The Balaban J connectivity index is 1.78. The SMILES string of the molecule is Nc1noc(C2CC3CC3C2)c1-c1ccc(F)cc1F. The fourth-order valence-electron chi connectivity index (χ4n) is 3.49. The van der Waals surface area contributed by atoms with Crippen molar-refractivity contribution in [1.82, 2.24) is 5.16 Å². The van der Waals surface area contributed by atoms with Crippen LogP contribution in [0.2, 0.25) is 0 Å². The molecule has 2 atom stereocenters. The Morgan fingerprint density at radius 1 is 1.15 bits per heavy atom. The van der Waals surface area contributed by atoms with Gasteiger partial charge in [-0.3, -0.25) is 0 Å². The second-order valence-corrected chi connectivity index (χ2v) is 5.86. The van der Waals surface area contributed by atoms with Gasteiger partial charge in [0.2, 0.25) is 0 Å². The number of halogens is 2. The van der Waals surface area contributed by atoms with Crippen LogP contribution in [-0.4, -0.2) is 5.16 Å². The predicted molar refractivity (Wildman–Crippen MR) is 69.8 cm³/mol. The van der Waals surface area contributed by atoms with Crippen molar-refractivity contribution in [2.45, 2.75) is 25.2 Å². The zero-order valence-electron chi connectivity index (χ0n) is 10.8. The molecule has 0 saturated heterocycles. The number of fused-ring (bicyclic) bond motifs is 1. The van der Waals surface area contributed by atoms with Crippen LogP contribution in [0.25, 0.3) is 11.1 Å². The van der Waals surface area contributed by atoms with Crippen molar-refractivity contribution < 1.29 is 13.3 Å². The molecule has 2 aliphatic rings. The normalized spacial score (nSPS) is 27.6. The highest BCUT2D eigenvalue weighted by atomic mass is 19.1. The number of rotatable bonds is 2. The van der Waals surface area contributed by atoms with E-state index in [-0.39, 0.29) is 17.3 Å². The largest absolute Gasteiger partial charge is 0.380 e. The molecule has 0 spiro atoms. The van der Waals surface area contributed by atoms with Gasteiger partial charge in [0.1, 0.15) is 17.4 Å². The maximum atomic E-state index is 14.0. The van der Waals surface area contributed by atoms with Gasteiger partial charge in [-0.25, -0.2) is 8.78 Å². The Bertz CT molecular complexity index is 673. The molecule has 0 amide bonds. The summed E-state index contributed by atoms with van der Waals surface area (Å²) in [7, 11) is 0. The molecule has 2 aromatic rings. The summed E-state index contributed by atoms with van der Waals surface area (Å²) in [5, 5.41) is 3.78. The monoisotopic (exact) mass is 276 g/mol. The van der Waals surface area contributed by atoms with Crippen molar-refractivity contribution in [2.75, 3.05) is 5.73 Å². The van der Waals surface area contributed by atoms with Gasteiger partial charge in [0.05, 0.1) is 5.56 Å². The van der Waals surface area contributed by atoms with E-state index in [9.17, 15) is 8.78 Å². The van der Waals surface area contributed by atoms with Gasteiger partial charge in [-0.05, 0) is 43.2 Å². The average molecular weight is 276 g/mol. The van der Waals surface area contributed by atoms with E-state index >= 15 is 0 Å². The van der Waals surface area contributed by atoms with Crippen LogP contribution in [0.4, 0.5) is 14.6 Å². The molecule has 5 heteroatoms. The molecular weight excluding hydrogens is 262 g/mol. The molecule has 0 bridgehead atoms. The molecular formula is C15H14F2N2O. The molecule has 0 radical (unpaired) electrons. The predicted octanol–water partition coefficient (Wildman–Crippen LogP) is 3.72. The van der Waals surface area contributed by atoms with Crippen LogP contribution in [0, 0.1) is 23.5 Å². The summed E-state index contributed by atoms with van der Waals surface area (Å²) < 4.78 is 32.4. The van der Waals surface area contributed by atoms with E-state index in [1.807, 2.05) is 0 Å².